The number of aryl methyl sites for hydroxylation is 3. The Kier molecular flexibility index (Phi) is 2.15. The van der Waals surface area contributed by atoms with Crippen molar-refractivity contribution in [2.75, 3.05) is 0 Å². The quantitative estimate of drug-likeness (QED) is 0.722. The molecule has 1 aliphatic rings. The van der Waals surface area contributed by atoms with E-state index in [-0.39, 0.29) is 5.54 Å². The fourth-order valence-electron chi connectivity index (χ4n) is 2.32. The molecule has 14 heavy (non-hydrogen) atoms. The zero-order valence-corrected chi connectivity index (χ0v) is 9.35. The molecule has 1 aliphatic carbocycles. The van der Waals surface area contributed by atoms with Crippen LogP contribution < -0.4 is 5.73 Å². The van der Waals surface area contributed by atoms with Gasteiger partial charge in [-0.3, -0.25) is 0 Å². The van der Waals surface area contributed by atoms with E-state index in [2.05, 4.69) is 32.9 Å². The molecule has 1 heteroatoms. The van der Waals surface area contributed by atoms with Crippen molar-refractivity contribution in [3.05, 3.63) is 34.4 Å². The molecule has 2 rings (SSSR count). The van der Waals surface area contributed by atoms with Gasteiger partial charge in [-0.25, -0.2) is 0 Å². The summed E-state index contributed by atoms with van der Waals surface area (Å²) < 4.78 is 0. The maximum atomic E-state index is 6.34. The maximum Gasteiger partial charge on any atom is 0.0412 e. The molecule has 0 saturated heterocycles. The third-order valence-electron chi connectivity index (χ3n) is 3.62. The molecule has 0 aromatic heterocycles. The van der Waals surface area contributed by atoms with Crippen molar-refractivity contribution in [1.82, 2.24) is 0 Å². The first-order valence-electron chi connectivity index (χ1n) is 5.40. The molecule has 0 radical (unpaired) electrons. The first-order chi connectivity index (χ1) is 6.53. The molecular weight excluding hydrogens is 170 g/mol. The molecule has 1 fully saturated rings. The molecule has 0 aliphatic heterocycles. The monoisotopic (exact) mass is 189 g/mol. The van der Waals surface area contributed by atoms with Crippen molar-refractivity contribution in [1.29, 1.82) is 0 Å². The van der Waals surface area contributed by atoms with Gasteiger partial charge < -0.3 is 5.73 Å². The average Bonchev–Trinajstić information content (AvgIpc) is 2.07. The standard InChI is InChI=1S/C13H19N/c1-9-7-11(3)12(8-10(9)2)13(14)5-4-6-13/h7-8H,4-6,14H2,1-3H3. The molecule has 2 N–H and O–H groups in total. The summed E-state index contributed by atoms with van der Waals surface area (Å²) in [4.78, 5) is 0. The molecule has 0 spiro atoms. The molecular formula is C13H19N. The summed E-state index contributed by atoms with van der Waals surface area (Å²) in [6.45, 7) is 6.51. The SMILES string of the molecule is Cc1cc(C)c(C2(N)CCC2)cc1C. The van der Waals surface area contributed by atoms with Crippen molar-refractivity contribution < 1.29 is 0 Å². The minimum atomic E-state index is -0.0114. The number of hydrogen-bond donors (Lipinski definition) is 1. The Morgan fingerprint density at radius 2 is 1.57 bits per heavy atom. The smallest absolute Gasteiger partial charge is 0.0412 e. The Balaban J connectivity index is 2.48. The molecule has 1 aromatic rings. The van der Waals surface area contributed by atoms with Crippen LogP contribution in [0.1, 0.15) is 41.5 Å². The molecule has 1 saturated carbocycles. The molecule has 0 amide bonds. The van der Waals surface area contributed by atoms with E-state index in [0.29, 0.717) is 0 Å². The van der Waals surface area contributed by atoms with Crippen LogP contribution in [0.2, 0.25) is 0 Å². The second-order valence-electron chi connectivity index (χ2n) is 4.76. The van der Waals surface area contributed by atoms with Crippen LogP contribution in [0, 0.1) is 20.8 Å². The number of rotatable bonds is 1. The predicted molar refractivity (Wildman–Crippen MR) is 60.4 cm³/mol. The Hall–Kier alpha value is -0.820. The van der Waals surface area contributed by atoms with E-state index in [0.717, 1.165) is 12.8 Å². The van der Waals surface area contributed by atoms with Gasteiger partial charge in [-0.2, -0.15) is 0 Å². The van der Waals surface area contributed by atoms with Gasteiger partial charge in [0, 0.05) is 5.54 Å². The zero-order chi connectivity index (χ0) is 10.3. The summed E-state index contributed by atoms with van der Waals surface area (Å²) in [6.07, 6.45) is 3.58. The van der Waals surface area contributed by atoms with Crippen LogP contribution in [0.15, 0.2) is 12.1 Å². The Morgan fingerprint density at radius 3 is 2.07 bits per heavy atom. The minimum Gasteiger partial charge on any atom is -0.321 e. The van der Waals surface area contributed by atoms with E-state index >= 15 is 0 Å². The van der Waals surface area contributed by atoms with Crippen molar-refractivity contribution in [2.45, 2.75) is 45.6 Å². The Bertz CT molecular complexity index is 362. The van der Waals surface area contributed by atoms with E-state index < -0.39 is 0 Å². The number of hydrogen-bond acceptors (Lipinski definition) is 1. The van der Waals surface area contributed by atoms with Gasteiger partial charge in [-0.1, -0.05) is 12.1 Å². The normalized spacial score (nSPS) is 19.1. The van der Waals surface area contributed by atoms with E-state index in [1.54, 1.807) is 0 Å². The van der Waals surface area contributed by atoms with Crippen LogP contribution in [0.25, 0.3) is 0 Å². The fraction of sp³-hybridized carbons (Fsp3) is 0.538. The molecule has 1 aromatic carbocycles. The predicted octanol–water partition coefficient (Wildman–Crippen LogP) is 2.95. The Morgan fingerprint density at radius 1 is 1.00 bits per heavy atom. The van der Waals surface area contributed by atoms with Crippen LogP contribution in [0.3, 0.4) is 0 Å². The third kappa shape index (κ3) is 1.36. The molecule has 0 unspecified atom stereocenters. The van der Waals surface area contributed by atoms with Gasteiger partial charge in [-0.15, -0.1) is 0 Å². The molecule has 1 nitrogen and oxygen atoms in total. The fourth-order valence-corrected chi connectivity index (χ4v) is 2.32. The van der Waals surface area contributed by atoms with Crippen LogP contribution in [-0.2, 0) is 5.54 Å². The van der Waals surface area contributed by atoms with Gasteiger partial charge in [0.25, 0.3) is 0 Å². The van der Waals surface area contributed by atoms with Crippen LogP contribution in [0.4, 0.5) is 0 Å². The highest BCUT2D eigenvalue weighted by atomic mass is 14.8. The lowest BCUT2D eigenvalue weighted by Crippen LogP contribution is -2.43. The molecule has 0 atom stereocenters. The lowest BCUT2D eigenvalue weighted by atomic mass is 9.71. The first-order valence-corrected chi connectivity index (χ1v) is 5.40. The van der Waals surface area contributed by atoms with E-state index in [4.69, 9.17) is 5.73 Å². The zero-order valence-electron chi connectivity index (χ0n) is 9.35. The van der Waals surface area contributed by atoms with Crippen LogP contribution >= 0.6 is 0 Å². The van der Waals surface area contributed by atoms with Crippen LogP contribution in [0.5, 0.6) is 0 Å². The van der Waals surface area contributed by atoms with Gasteiger partial charge in [0.1, 0.15) is 0 Å². The highest BCUT2D eigenvalue weighted by Gasteiger charge is 2.35. The van der Waals surface area contributed by atoms with Crippen molar-refractivity contribution in [3.63, 3.8) is 0 Å². The number of nitrogens with two attached hydrogens (primary N) is 1. The summed E-state index contributed by atoms with van der Waals surface area (Å²) in [6, 6.07) is 4.54. The third-order valence-corrected chi connectivity index (χ3v) is 3.62. The largest absolute Gasteiger partial charge is 0.321 e. The summed E-state index contributed by atoms with van der Waals surface area (Å²) in [5, 5.41) is 0. The first kappa shape index (κ1) is 9.72. The lowest BCUT2D eigenvalue weighted by Gasteiger charge is -2.40. The summed E-state index contributed by atoms with van der Waals surface area (Å²) in [7, 11) is 0. The molecule has 0 heterocycles. The summed E-state index contributed by atoms with van der Waals surface area (Å²) in [5.41, 5.74) is 11.8. The molecule has 76 valence electrons. The van der Waals surface area contributed by atoms with Gasteiger partial charge in [-0.05, 0) is 62.3 Å². The van der Waals surface area contributed by atoms with Gasteiger partial charge in [0.15, 0.2) is 0 Å². The highest BCUT2D eigenvalue weighted by Crippen LogP contribution is 2.40. The van der Waals surface area contributed by atoms with E-state index in [1.807, 2.05) is 0 Å². The lowest BCUT2D eigenvalue weighted by molar-refractivity contribution is 0.252. The Labute approximate surface area is 86.3 Å². The summed E-state index contributed by atoms with van der Waals surface area (Å²) >= 11 is 0. The van der Waals surface area contributed by atoms with Crippen molar-refractivity contribution >= 4 is 0 Å². The highest BCUT2D eigenvalue weighted by molar-refractivity contribution is 5.41. The van der Waals surface area contributed by atoms with Gasteiger partial charge in [0.2, 0.25) is 0 Å². The van der Waals surface area contributed by atoms with Gasteiger partial charge in [0.05, 0.1) is 0 Å². The average molecular weight is 189 g/mol. The molecule has 0 bridgehead atoms. The van der Waals surface area contributed by atoms with E-state index in [1.165, 1.54) is 28.7 Å². The minimum absolute atomic E-state index is 0.0114. The van der Waals surface area contributed by atoms with Crippen molar-refractivity contribution in [2.24, 2.45) is 5.73 Å². The second kappa shape index (κ2) is 3.09. The number of benzene rings is 1. The van der Waals surface area contributed by atoms with E-state index in [9.17, 15) is 0 Å². The van der Waals surface area contributed by atoms with Crippen molar-refractivity contribution in [3.8, 4) is 0 Å². The maximum absolute atomic E-state index is 6.34. The topological polar surface area (TPSA) is 26.0 Å². The second-order valence-corrected chi connectivity index (χ2v) is 4.76. The van der Waals surface area contributed by atoms with Gasteiger partial charge >= 0.3 is 0 Å². The van der Waals surface area contributed by atoms with Crippen LogP contribution in [-0.4, -0.2) is 0 Å². The summed E-state index contributed by atoms with van der Waals surface area (Å²) in [5.74, 6) is 0.